The predicted molar refractivity (Wildman–Crippen MR) is 78.5 cm³/mol. The van der Waals surface area contributed by atoms with Gasteiger partial charge in [0, 0.05) is 13.1 Å². The van der Waals surface area contributed by atoms with Crippen LogP contribution in [0, 0.1) is 5.92 Å². The predicted octanol–water partition coefficient (Wildman–Crippen LogP) is 1.91. The van der Waals surface area contributed by atoms with Crippen molar-refractivity contribution in [3.63, 3.8) is 0 Å². The topological polar surface area (TPSA) is 58.6 Å². The van der Waals surface area contributed by atoms with E-state index in [1.807, 2.05) is 7.05 Å². The molecule has 1 saturated heterocycles. The minimum Gasteiger partial charge on any atom is -0.433 e. The second-order valence-corrected chi connectivity index (χ2v) is 7.14. The number of halogens is 2. The van der Waals surface area contributed by atoms with E-state index in [0.29, 0.717) is 19.0 Å². The number of ether oxygens (including phenoxy) is 1. The van der Waals surface area contributed by atoms with Crippen LogP contribution in [0.1, 0.15) is 12.8 Å². The molecule has 0 atom stereocenters. The number of rotatable bonds is 6. The van der Waals surface area contributed by atoms with Crippen molar-refractivity contribution in [2.45, 2.75) is 24.3 Å². The van der Waals surface area contributed by atoms with E-state index in [2.05, 4.69) is 10.1 Å². The second kappa shape index (κ2) is 7.34. The fourth-order valence-electron chi connectivity index (χ4n) is 2.64. The Morgan fingerprint density at radius 3 is 2.55 bits per heavy atom. The molecule has 0 aromatic heterocycles. The Labute approximate surface area is 129 Å². The van der Waals surface area contributed by atoms with Gasteiger partial charge in [0.05, 0.1) is 0 Å². The molecule has 8 heteroatoms. The SMILES string of the molecule is CNCC1CCN(S(=O)(=O)c2ccccc2OC(F)F)CC1. The first-order chi connectivity index (χ1) is 10.4. The average molecular weight is 334 g/mol. The molecule has 1 aliphatic heterocycles. The molecule has 0 unspecified atom stereocenters. The maximum Gasteiger partial charge on any atom is 0.387 e. The van der Waals surface area contributed by atoms with Gasteiger partial charge in [0.1, 0.15) is 10.6 Å². The number of nitrogens with one attached hydrogen (secondary N) is 1. The van der Waals surface area contributed by atoms with E-state index >= 15 is 0 Å². The van der Waals surface area contributed by atoms with E-state index < -0.39 is 16.6 Å². The minimum atomic E-state index is -3.82. The highest BCUT2D eigenvalue weighted by Crippen LogP contribution is 2.30. The molecule has 1 fully saturated rings. The number of sulfonamides is 1. The molecular formula is C14H20F2N2O3S. The van der Waals surface area contributed by atoms with Crippen molar-refractivity contribution in [1.29, 1.82) is 0 Å². The lowest BCUT2D eigenvalue weighted by Gasteiger charge is -2.31. The fourth-order valence-corrected chi connectivity index (χ4v) is 4.23. The monoisotopic (exact) mass is 334 g/mol. The Bertz CT molecular complexity index is 588. The third-order valence-corrected chi connectivity index (χ3v) is 5.69. The Morgan fingerprint density at radius 1 is 1.32 bits per heavy atom. The van der Waals surface area contributed by atoms with Gasteiger partial charge in [0.2, 0.25) is 10.0 Å². The quantitative estimate of drug-likeness (QED) is 0.863. The van der Waals surface area contributed by atoms with Crippen LogP contribution >= 0.6 is 0 Å². The van der Waals surface area contributed by atoms with Crippen LogP contribution < -0.4 is 10.1 Å². The van der Waals surface area contributed by atoms with Gasteiger partial charge in [-0.2, -0.15) is 13.1 Å². The van der Waals surface area contributed by atoms with Crippen LogP contribution in [-0.2, 0) is 10.0 Å². The highest BCUT2D eigenvalue weighted by molar-refractivity contribution is 7.89. The summed E-state index contributed by atoms with van der Waals surface area (Å²) in [5.41, 5.74) is 0. The lowest BCUT2D eigenvalue weighted by atomic mass is 9.98. The first-order valence-electron chi connectivity index (χ1n) is 7.13. The maximum absolute atomic E-state index is 12.6. The van der Waals surface area contributed by atoms with E-state index in [1.54, 1.807) is 0 Å². The number of piperidine rings is 1. The maximum atomic E-state index is 12.6. The van der Waals surface area contributed by atoms with Crippen molar-refractivity contribution < 1.29 is 21.9 Å². The number of hydrogen-bond donors (Lipinski definition) is 1. The van der Waals surface area contributed by atoms with Crippen LogP contribution in [0.15, 0.2) is 29.2 Å². The van der Waals surface area contributed by atoms with E-state index in [-0.39, 0.29) is 10.6 Å². The largest absolute Gasteiger partial charge is 0.433 e. The molecule has 22 heavy (non-hydrogen) atoms. The van der Waals surface area contributed by atoms with E-state index in [1.165, 1.54) is 28.6 Å². The summed E-state index contributed by atoms with van der Waals surface area (Å²) in [5.74, 6) is 0.124. The Morgan fingerprint density at radius 2 is 1.95 bits per heavy atom. The molecule has 0 bridgehead atoms. The van der Waals surface area contributed by atoms with Crippen LogP contribution in [0.4, 0.5) is 8.78 Å². The molecule has 0 aliphatic carbocycles. The van der Waals surface area contributed by atoms with Gasteiger partial charge < -0.3 is 10.1 Å². The van der Waals surface area contributed by atoms with Gasteiger partial charge in [-0.1, -0.05) is 12.1 Å². The van der Waals surface area contributed by atoms with Gasteiger partial charge in [0.15, 0.2) is 0 Å². The van der Waals surface area contributed by atoms with E-state index in [0.717, 1.165) is 19.4 Å². The Hall–Kier alpha value is -1.25. The van der Waals surface area contributed by atoms with Crippen molar-refractivity contribution in [3.8, 4) is 5.75 Å². The van der Waals surface area contributed by atoms with Gasteiger partial charge in [-0.15, -0.1) is 0 Å². The molecule has 1 aromatic rings. The van der Waals surface area contributed by atoms with Crippen molar-refractivity contribution >= 4 is 10.0 Å². The summed E-state index contributed by atoms with van der Waals surface area (Å²) in [6, 6.07) is 5.51. The number of nitrogens with zero attached hydrogens (tertiary/aromatic N) is 1. The number of hydrogen-bond acceptors (Lipinski definition) is 4. The molecule has 1 heterocycles. The standard InChI is InChI=1S/C14H20F2N2O3S/c1-17-10-11-6-8-18(9-7-11)22(19,20)13-5-3-2-4-12(13)21-14(15)16/h2-5,11,14,17H,6-10H2,1H3. The molecule has 1 aliphatic rings. The molecule has 5 nitrogen and oxygen atoms in total. The zero-order valence-electron chi connectivity index (χ0n) is 12.3. The van der Waals surface area contributed by atoms with Crippen molar-refractivity contribution in [3.05, 3.63) is 24.3 Å². The third-order valence-electron chi connectivity index (χ3n) is 3.75. The van der Waals surface area contributed by atoms with Crippen LogP contribution in [0.25, 0.3) is 0 Å². The van der Waals surface area contributed by atoms with E-state index in [9.17, 15) is 17.2 Å². The molecule has 0 spiro atoms. The normalized spacial score (nSPS) is 17.8. The molecular weight excluding hydrogens is 314 g/mol. The summed E-state index contributed by atoms with van der Waals surface area (Å²) in [4.78, 5) is -0.206. The van der Waals surface area contributed by atoms with E-state index in [4.69, 9.17) is 0 Å². The Kier molecular flexibility index (Phi) is 5.71. The zero-order chi connectivity index (χ0) is 16.2. The van der Waals surface area contributed by atoms with Crippen molar-refractivity contribution in [1.82, 2.24) is 9.62 Å². The van der Waals surface area contributed by atoms with Crippen LogP contribution in [0.3, 0.4) is 0 Å². The summed E-state index contributed by atoms with van der Waals surface area (Å²) in [5, 5.41) is 3.08. The van der Waals surface area contributed by atoms with Crippen molar-refractivity contribution in [2.24, 2.45) is 5.92 Å². The molecule has 0 amide bonds. The number of para-hydroxylation sites is 1. The first kappa shape index (κ1) is 17.1. The fraction of sp³-hybridized carbons (Fsp3) is 0.571. The number of benzene rings is 1. The molecule has 1 aromatic carbocycles. The van der Waals surface area contributed by atoms with Crippen LogP contribution in [0.2, 0.25) is 0 Å². The molecule has 1 N–H and O–H groups in total. The minimum absolute atomic E-state index is 0.206. The zero-order valence-corrected chi connectivity index (χ0v) is 13.2. The van der Waals surface area contributed by atoms with Gasteiger partial charge in [-0.05, 0) is 44.5 Å². The van der Waals surface area contributed by atoms with Crippen molar-refractivity contribution in [2.75, 3.05) is 26.7 Å². The summed E-state index contributed by atoms with van der Waals surface area (Å²) in [6.45, 7) is -1.44. The van der Waals surface area contributed by atoms with Gasteiger partial charge in [-0.25, -0.2) is 8.42 Å². The lowest BCUT2D eigenvalue weighted by molar-refractivity contribution is -0.0518. The third kappa shape index (κ3) is 3.93. The average Bonchev–Trinajstić information content (AvgIpc) is 2.48. The molecule has 0 saturated carbocycles. The first-order valence-corrected chi connectivity index (χ1v) is 8.57. The van der Waals surface area contributed by atoms with Gasteiger partial charge in [0.25, 0.3) is 0 Å². The summed E-state index contributed by atoms with van der Waals surface area (Å²) >= 11 is 0. The van der Waals surface area contributed by atoms with Crippen LogP contribution in [0.5, 0.6) is 5.75 Å². The molecule has 2 rings (SSSR count). The Balaban J connectivity index is 2.18. The summed E-state index contributed by atoms with van der Waals surface area (Å²) in [7, 11) is -1.96. The highest BCUT2D eigenvalue weighted by Gasteiger charge is 2.31. The second-order valence-electron chi connectivity index (χ2n) is 5.23. The molecule has 124 valence electrons. The smallest absolute Gasteiger partial charge is 0.387 e. The summed E-state index contributed by atoms with van der Waals surface area (Å²) in [6.07, 6.45) is 1.50. The van der Waals surface area contributed by atoms with Gasteiger partial charge >= 0.3 is 6.61 Å². The van der Waals surface area contributed by atoms with Crippen LogP contribution in [-0.4, -0.2) is 46.0 Å². The highest BCUT2D eigenvalue weighted by atomic mass is 32.2. The van der Waals surface area contributed by atoms with Gasteiger partial charge in [-0.3, -0.25) is 0 Å². The number of alkyl halides is 2. The lowest BCUT2D eigenvalue weighted by Crippen LogP contribution is -2.40. The molecule has 0 radical (unpaired) electrons. The summed E-state index contributed by atoms with van der Waals surface area (Å²) < 4.78 is 55.8.